The van der Waals surface area contributed by atoms with Crippen molar-refractivity contribution in [2.24, 2.45) is 0 Å². The zero-order valence-electron chi connectivity index (χ0n) is 14.3. The number of nitrogen functional groups attached to an aromatic ring is 1. The van der Waals surface area contributed by atoms with Crippen LogP contribution in [0.4, 0.5) is 5.69 Å². The Balaban J connectivity index is 2.43. The average molecular weight is 325 g/mol. The molecule has 2 aromatic rings. The largest absolute Gasteiger partial charge is 0.507 e. The summed E-state index contributed by atoms with van der Waals surface area (Å²) in [5, 5.41) is 10.5. The maximum Gasteiger partial charge on any atom is 0.185 e. The normalized spacial score (nSPS) is 11.0. The quantitative estimate of drug-likeness (QED) is 0.478. The molecule has 0 heterocycles. The van der Waals surface area contributed by atoms with E-state index in [2.05, 4.69) is 0 Å². The highest BCUT2D eigenvalue weighted by Crippen LogP contribution is 2.36. The molecule has 0 aliphatic rings. The molecule has 0 saturated carbocycles. The van der Waals surface area contributed by atoms with Crippen molar-refractivity contribution in [2.45, 2.75) is 26.7 Å². The second kappa shape index (κ2) is 7.68. The molecular formula is C20H23NO3. The fourth-order valence-corrected chi connectivity index (χ4v) is 2.63. The molecule has 3 N–H and O–H groups in total. The molecule has 24 heavy (non-hydrogen) atoms. The number of carbonyl (C=O) groups excluding carboxylic acids is 1. The number of ketones is 1. The predicted octanol–water partition coefficient (Wildman–Crippen LogP) is 4.00. The number of hydrogen-bond donors (Lipinski definition) is 2. The topological polar surface area (TPSA) is 72.5 Å². The lowest BCUT2D eigenvalue weighted by atomic mass is 9.98. The van der Waals surface area contributed by atoms with Gasteiger partial charge >= 0.3 is 0 Å². The maximum atomic E-state index is 12.3. The van der Waals surface area contributed by atoms with E-state index in [1.54, 1.807) is 37.5 Å². The van der Waals surface area contributed by atoms with Crippen molar-refractivity contribution in [2.75, 3.05) is 12.8 Å². The van der Waals surface area contributed by atoms with E-state index in [9.17, 15) is 9.90 Å². The minimum Gasteiger partial charge on any atom is -0.507 e. The van der Waals surface area contributed by atoms with Crippen molar-refractivity contribution < 1.29 is 14.6 Å². The lowest BCUT2D eigenvalue weighted by molar-refractivity contribution is 0.104. The molecule has 0 amide bonds. The molecular weight excluding hydrogens is 302 g/mol. The number of nitrogens with two attached hydrogens (primary N) is 1. The molecule has 0 saturated heterocycles. The fraction of sp³-hybridized carbons (Fsp3) is 0.250. The van der Waals surface area contributed by atoms with E-state index >= 15 is 0 Å². The van der Waals surface area contributed by atoms with Crippen molar-refractivity contribution >= 4 is 17.5 Å². The third kappa shape index (κ3) is 3.59. The van der Waals surface area contributed by atoms with Gasteiger partial charge in [-0.15, -0.1) is 0 Å². The van der Waals surface area contributed by atoms with Crippen LogP contribution < -0.4 is 10.5 Å². The Bertz CT molecular complexity index is 761. The van der Waals surface area contributed by atoms with E-state index in [1.165, 1.54) is 6.08 Å². The van der Waals surface area contributed by atoms with Crippen LogP contribution in [0.15, 0.2) is 36.4 Å². The smallest absolute Gasteiger partial charge is 0.185 e. The van der Waals surface area contributed by atoms with Gasteiger partial charge in [-0.3, -0.25) is 4.79 Å². The fourth-order valence-electron chi connectivity index (χ4n) is 2.63. The van der Waals surface area contributed by atoms with Gasteiger partial charge in [0.1, 0.15) is 11.5 Å². The Morgan fingerprint density at radius 2 is 1.79 bits per heavy atom. The number of methoxy groups -OCH3 is 1. The standard InChI is InChI=1S/C20H23NO3/c1-4-13-12-14(5-2)20(24-3)17(19(13)23)10-11-18(22)15-6-8-16(21)9-7-15/h6-12,23H,4-5,21H2,1-3H3/b11-10+. The van der Waals surface area contributed by atoms with E-state index in [-0.39, 0.29) is 11.5 Å². The van der Waals surface area contributed by atoms with Gasteiger partial charge in [0.2, 0.25) is 0 Å². The SMILES string of the molecule is CCc1cc(CC)c(OC)c(/C=C/C(=O)c2ccc(N)cc2)c1O. The first-order valence-electron chi connectivity index (χ1n) is 8.01. The summed E-state index contributed by atoms with van der Waals surface area (Å²) in [5.74, 6) is 0.609. The second-order valence-corrected chi connectivity index (χ2v) is 5.52. The molecule has 4 nitrogen and oxygen atoms in total. The highest BCUT2D eigenvalue weighted by Gasteiger charge is 2.15. The van der Waals surface area contributed by atoms with E-state index in [0.29, 0.717) is 29.0 Å². The summed E-state index contributed by atoms with van der Waals surface area (Å²) in [4.78, 5) is 12.3. The first-order valence-corrected chi connectivity index (χ1v) is 8.01. The van der Waals surface area contributed by atoms with Crippen LogP contribution in [0.25, 0.3) is 6.08 Å². The predicted molar refractivity (Wildman–Crippen MR) is 97.6 cm³/mol. The maximum absolute atomic E-state index is 12.3. The Morgan fingerprint density at radius 1 is 1.17 bits per heavy atom. The molecule has 0 spiro atoms. The van der Waals surface area contributed by atoms with Gasteiger partial charge in [0.05, 0.1) is 12.7 Å². The summed E-state index contributed by atoms with van der Waals surface area (Å²) < 4.78 is 5.46. The van der Waals surface area contributed by atoms with Crippen LogP contribution in [0.5, 0.6) is 11.5 Å². The molecule has 0 unspecified atom stereocenters. The Morgan fingerprint density at radius 3 is 2.33 bits per heavy atom. The van der Waals surface area contributed by atoms with Crippen LogP contribution in [0.1, 0.15) is 40.9 Å². The lowest BCUT2D eigenvalue weighted by Crippen LogP contribution is -1.99. The third-order valence-electron chi connectivity index (χ3n) is 4.01. The van der Waals surface area contributed by atoms with Gasteiger partial charge in [-0.2, -0.15) is 0 Å². The summed E-state index contributed by atoms with van der Waals surface area (Å²) in [6.07, 6.45) is 4.55. The number of phenolic OH excluding ortho intramolecular Hbond substituents is 1. The van der Waals surface area contributed by atoms with Crippen LogP contribution in [0, 0.1) is 0 Å². The molecule has 4 heteroatoms. The van der Waals surface area contributed by atoms with Gasteiger partial charge in [-0.1, -0.05) is 13.8 Å². The van der Waals surface area contributed by atoms with Crippen LogP contribution in [0.2, 0.25) is 0 Å². The third-order valence-corrected chi connectivity index (χ3v) is 4.01. The highest BCUT2D eigenvalue weighted by atomic mass is 16.5. The number of ether oxygens (including phenoxy) is 1. The van der Waals surface area contributed by atoms with Gasteiger partial charge in [-0.05, 0) is 66.5 Å². The monoisotopic (exact) mass is 325 g/mol. The summed E-state index contributed by atoms with van der Waals surface area (Å²) >= 11 is 0. The molecule has 0 aliphatic heterocycles. The molecule has 0 atom stereocenters. The highest BCUT2D eigenvalue weighted by molar-refractivity contribution is 6.07. The minimum absolute atomic E-state index is 0.156. The number of rotatable bonds is 6. The lowest BCUT2D eigenvalue weighted by Gasteiger charge is -2.15. The number of aryl methyl sites for hydroxylation is 2. The summed E-state index contributed by atoms with van der Waals surface area (Å²) in [5.41, 5.74) is 9.17. The van der Waals surface area contributed by atoms with Crippen molar-refractivity contribution in [1.29, 1.82) is 0 Å². The number of phenols is 1. The van der Waals surface area contributed by atoms with Crippen LogP contribution in [-0.2, 0) is 12.8 Å². The molecule has 0 bridgehead atoms. The van der Waals surface area contributed by atoms with Gasteiger partial charge < -0.3 is 15.6 Å². The molecule has 2 rings (SSSR count). The molecule has 0 fully saturated rings. The zero-order valence-corrected chi connectivity index (χ0v) is 14.3. The first kappa shape index (κ1) is 17.6. The minimum atomic E-state index is -0.156. The van der Waals surface area contributed by atoms with Crippen LogP contribution >= 0.6 is 0 Å². The average Bonchev–Trinajstić information content (AvgIpc) is 2.60. The van der Waals surface area contributed by atoms with E-state index in [1.807, 2.05) is 19.9 Å². The molecule has 126 valence electrons. The number of aromatic hydroxyl groups is 1. The number of benzene rings is 2. The molecule has 2 aromatic carbocycles. The van der Waals surface area contributed by atoms with Gasteiger partial charge in [-0.25, -0.2) is 0 Å². The molecule has 0 aliphatic carbocycles. The zero-order chi connectivity index (χ0) is 17.7. The molecule has 0 aromatic heterocycles. The van der Waals surface area contributed by atoms with Gasteiger partial charge in [0, 0.05) is 11.3 Å². The second-order valence-electron chi connectivity index (χ2n) is 5.52. The van der Waals surface area contributed by atoms with E-state index < -0.39 is 0 Å². The summed E-state index contributed by atoms with van der Waals surface area (Å²) in [6, 6.07) is 8.68. The van der Waals surface area contributed by atoms with Gasteiger partial charge in [0.15, 0.2) is 5.78 Å². The van der Waals surface area contributed by atoms with Crippen molar-refractivity contribution in [1.82, 2.24) is 0 Å². The van der Waals surface area contributed by atoms with Crippen molar-refractivity contribution in [3.8, 4) is 11.5 Å². The van der Waals surface area contributed by atoms with Crippen molar-refractivity contribution in [3.63, 3.8) is 0 Å². The van der Waals surface area contributed by atoms with E-state index in [4.69, 9.17) is 10.5 Å². The Labute approximate surface area is 142 Å². The van der Waals surface area contributed by atoms with Crippen LogP contribution in [0.3, 0.4) is 0 Å². The number of hydrogen-bond acceptors (Lipinski definition) is 4. The van der Waals surface area contributed by atoms with Crippen molar-refractivity contribution in [3.05, 3.63) is 58.7 Å². The first-order chi connectivity index (χ1) is 11.5. The van der Waals surface area contributed by atoms with Crippen LogP contribution in [-0.4, -0.2) is 18.0 Å². The van der Waals surface area contributed by atoms with Gasteiger partial charge in [0.25, 0.3) is 0 Å². The summed E-state index contributed by atoms with van der Waals surface area (Å²) in [6.45, 7) is 4.01. The van der Waals surface area contributed by atoms with E-state index in [0.717, 1.165) is 17.5 Å². The number of carbonyl (C=O) groups is 1. The Kier molecular flexibility index (Phi) is 5.64. The number of anilines is 1. The summed E-state index contributed by atoms with van der Waals surface area (Å²) in [7, 11) is 1.57. The Hall–Kier alpha value is -2.75. The number of allylic oxidation sites excluding steroid dienone is 1. The molecule has 0 radical (unpaired) electrons.